The van der Waals surface area contributed by atoms with E-state index in [-0.39, 0.29) is 11.4 Å². The average molecular weight is 262 g/mol. The van der Waals surface area contributed by atoms with Crippen molar-refractivity contribution in [2.75, 3.05) is 20.2 Å². The molecule has 1 aromatic carbocycles. The van der Waals surface area contributed by atoms with Gasteiger partial charge in [0.1, 0.15) is 5.60 Å². The number of phenols is 1. The van der Waals surface area contributed by atoms with Crippen molar-refractivity contribution in [2.24, 2.45) is 5.16 Å². The van der Waals surface area contributed by atoms with Gasteiger partial charge in [0, 0.05) is 24.8 Å². The summed E-state index contributed by atoms with van der Waals surface area (Å²) in [6.45, 7) is 1.90. The minimum Gasteiger partial charge on any atom is -0.504 e. The number of ether oxygens (including phenoxy) is 1. The Morgan fingerprint density at radius 2 is 2.16 bits per heavy atom. The lowest BCUT2D eigenvalue weighted by Gasteiger charge is -2.30. The molecule has 0 unspecified atom stereocenters. The number of rotatable bonds is 2. The Bertz CT molecular complexity index is 507. The average Bonchev–Trinajstić information content (AvgIpc) is 2.83. The lowest BCUT2D eigenvalue weighted by atomic mass is 9.86. The summed E-state index contributed by atoms with van der Waals surface area (Å²) in [6.07, 6.45) is 2.64. The number of hydrogen-bond donors (Lipinski definition) is 2. The van der Waals surface area contributed by atoms with Crippen LogP contribution < -0.4 is 10.1 Å². The van der Waals surface area contributed by atoms with Gasteiger partial charge in [-0.05, 0) is 25.2 Å². The number of benzene rings is 1. The highest BCUT2D eigenvalue weighted by Crippen LogP contribution is 2.38. The zero-order valence-corrected chi connectivity index (χ0v) is 11.0. The molecular formula is C14H18N2O3. The van der Waals surface area contributed by atoms with Crippen molar-refractivity contribution in [2.45, 2.75) is 24.9 Å². The van der Waals surface area contributed by atoms with Crippen molar-refractivity contribution < 1.29 is 14.7 Å². The summed E-state index contributed by atoms with van der Waals surface area (Å²) in [5, 5.41) is 17.7. The Morgan fingerprint density at radius 3 is 2.89 bits per heavy atom. The van der Waals surface area contributed by atoms with E-state index in [2.05, 4.69) is 10.5 Å². The Labute approximate surface area is 112 Å². The number of nitrogens with one attached hydrogen (secondary N) is 1. The van der Waals surface area contributed by atoms with E-state index in [9.17, 15) is 5.11 Å². The predicted octanol–water partition coefficient (Wildman–Crippen LogP) is 1.65. The molecule has 0 saturated carbocycles. The third kappa shape index (κ3) is 2.14. The van der Waals surface area contributed by atoms with E-state index < -0.39 is 0 Å². The number of methoxy groups -OCH3 is 1. The Kier molecular flexibility index (Phi) is 3.06. The smallest absolute Gasteiger partial charge is 0.167 e. The van der Waals surface area contributed by atoms with E-state index in [0.717, 1.165) is 38.1 Å². The van der Waals surface area contributed by atoms with Gasteiger partial charge in [0.2, 0.25) is 0 Å². The van der Waals surface area contributed by atoms with Crippen molar-refractivity contribution in [1.82, 2.24) is 5.32 Å². The first-order valence-electron chi connectivity index (χ1n) is 6.56. The summed E-state index contributed by atoms with van der Waals surface area (Å²) in [6, 6.07) is 5.43. The molecule has 1 aromatic rings. The van der Waals surface area contributed by atoms with Crippen LogP contribution in [-0.2, 0) is 4.84 Å². The topological polar surface area (TPSA) is 63.1 Å². The molecular weight excluding hydrogens is 244 g/mol. The molecule has 0 atom stereocenters. The fourth-order valence-electron chi connectivity index (χ4n) is 2.74. The third-order valence-electron chi connectivity index (χ3n) is 3.88. The van der Waals surface area contributed by atoms with Crippen LogP contribution in [0.25, 0.3) is 0 Å². The van der Waals surface area contributed by atoms with Gasteiger partial charge in [-0.25, -0.2) is 0 Å². The zero-order chi connectivity index (χ0) is 13.3. The quantitative estimate of drug-likeness (QED) is 0.850. The van der Waals surface area contributed by atoms with Crippen molar-refractivity contribution in [3.63, 3.8) is 0 Å². The fourth-order valence-corrected chi connectivity index (χ4v) is 2.74. The van der Waals surface area contributed by atoms with Crippen molar-refractivity contribution in [3.8, 4) is 11.5 Å². The molecule has 2 N–H and O–H groups in total. The summed E-state index contributed by atoms with van der Waals surface area (Å²) in [5.41, 5.74) is 1.32. The van der Waals surface area contributed by atoms with E-state index in [4.69, 9.17) is 9.57 Å². The first kappa shape index (κ1) is 12.3. The monoisotopic (exact) mass is 262 g/mol. The molecule has 102 valence electrons. The number of piperidine rings is 1. The minimum absolute atomic E-state index is 0.137. The first-order chi connectivity index (χ1) is 9.24. The second-order valence-electron chi connectivity index (χ2n) is 5.10. The highest BCUT2D eigenvalue weighted by molar-refractivity contribution is 6.04. The van der Waals surface area contributed by atoms with Crippen LogP contribution in [0.3, 0.4) is 0 Å². The van der Waals surface area contributed by atoms with Crippen molar-refractivity contribution >= 4 is 5.71 Å². The molecule has 5 nitrogen and oxygen atoms in total. The van der Waals surface area contributed by atoms with Gasteiger partial charge >= 0.3 is 0 Å². The summed E-state index contributed by atoms with van der Waals surface area (Å²) in [4.78, 5) is 5.67. The summed E-state index contributed by atoms with van der Waals surface area (Å²) in [5.74, 6) is 0.602. The van der Waals surface area contributed by atoms with Crippen LogP contribution in [0.15, 0.2) is 23.4 Å². The summed E-state index contributed by atoms with van der Waals surface area (Å²) < 4.78 is 5.13. The van der Waals surface area contributed by atoms with E-state index in [1.807, 2.05) is 12.1 Å². The van der Waals surface area contributed by atoms with Crippen LogP contribution in [0.1, 0.15) is 24.8 Å². The van der Waals surface area contributed by atoms with E-state index in [0.29, 0.717) is 11.3 Å². The minimum atomic E-state index is -0.184. The third-order valence-corrected chi connectivity index (χ3v) is 3.88. The van der Waals surface area contributed by atoms with E-state index in [1.54, 1.807) is 13.2 Å². The number of hydrogen-bond acceptors (Lipinski definition) is 5. The normalized spacial score (nSPS) is 21.0. The van der Waals surface area contributed by atoms with Gasteiger partial charge < -0.3 is 20.0 Å². The number of nitrogens with zero attached hydrogens (tertiary/aromatic N) is 1. The lowest BCUT2D eigenvalue weighted by Crippen LogP contribution is -2.42. The van der Waals surface area contributed by atoms with Crippen LogP contribution in [-0.4, -0.2) is 36.6 Å². The molecule has 5 heteroatoms. The SMILES string of the molecule is COc1cccc(C2=NOC3(CCNCC3)C2)c1O. The molecule has 19 heavy (non-hydrogen) atoms. The molecule has 1 fully saturated rings. The number of aromatic hydroxyl groups is 1. The van der Waals surface area contributed by atoms with Crippen molar-refractivity contribution in [3.05, 3.63) is 23.8 Å². The Balaban J connectivity index is 1.84. The molecule has 0 amide bonds. The van der Waals surface area contributed by atoms with Gasteiger partial charge in [0.05, 0.1) is 12.8 Å². The summed E-state index contributed by atoms with van der Waals surface area (Å²) in [7, 11) is 1.54. The maximum atomic E-state index is 10.2. The number of para-hydroxylation sites is 1. The second-order valence-corrected chi connectivity index (χ2v) is 5.10. The van der Waals surface area contributed by atoms with Crippen LogP contribution >= 0.6 is 0 Å². The van der Waals surface area contributed by atoms with Crippen molar-refractivity contribution in [1.29, 1.82) is 0 Å². The lowest BCUT2D eigenvalue weighted by molar-refractivity contribution is -0.0400. The van der Waals surface area contributed by atoms with Crippen LogP contribution in [0, 0.1) is 0 Å². The number of phenolic OH excluding ortho intramolecular Hbond substituents is 1. The fraction of sp³-hybridized carbons (Fsp3) is 0.500. The molecule has 2 heterocycles. The molecule has 0 radical (unpaired) electrons. The zero-order valence-electron chi connectivity index (χ0n) is 11.0. The second kappa shape index (κ2) is 4.74. The molecule has 2 aliphatic rings. The van der Waals surface area contributed by atoms with E-state index >= 15 is 0 Å². The summed E-state index contributed by atoms with van der Waals surface area (Å²) >= 11 is 0. The van der Waals surface area contributed by atoms with Crippen LogP contribution in [0.4, 0.5) is 0 Å². The molecule has 0 aromatic heterocycles. The standard InChI is InChI=1S/C14H18N2O3/c1-18-12-4-2-3-10(13(12)17)11-9-14(19-16-11)5-7-15-8-6-14/h2-4,15,17H,5-9H2,1H3. The van der Waals surface area contributed by atoms with Gasteiger partial charge in [0.25, 0.3) is 0 Å². The predicted molar refractivity (Wildman–Crippen MR) is 71.7 cm³/mol. The number of oxime groups is 1. The van der Waals surface area contributed by atoms with Gasteiger partial charge in [-0.2, -0.15) is 0 Å². The Hall–Kier alpha value is -1.75. The molecule has 2 aliphatic heterocycles. The van der Waals surface area contributed by atoms with Gasteiger partial charge in [-0.15, -0.1) is 0 Å². The largest absolute Gasteiger partial charge is 0.504 e. The molecule has 0 aliphatic carbocycles. The molecule has 1 spiro atoms. The van der Waals surface area contributed by atoms with E-state index in [1.165, 1.54) is 0 Å². The Morgan fingerprint density at radius 1 is 1.37 bits per heavy atom. The first-order valence-corrected chi connectivity index (χ1v) is 6.56. The van der Waals surface area contributed by atoms with Gasteiger partial charge in [0.15, 0.2) is 11.5 Å². The van der Waals surface area contributed by atoms with Crippen LogP contribution in [0.2, 0.25) is 0 Å². The highest BCUT2D eigenvalue weighted by Gasteiger charge is 2.41. The maximum Gasteiger partial charge on any atom is 0.167 e. The van der Waals surface area contributed by atoms with Gasteiger partial charge in [-0.3, -0.25) is 0 Å². The molecule has 3 rings (SSSR count). The van der Waals surface area contributed by atoms with Crippen LogP contribution in [0.5, 0.6) is 11.5 Å². The highest BCUT2D eigenvalue weighted by atomic mass is 16.7. The maximum absolute atomic E-state index is 10.2. The van der Waals surface area contributed by atoms with Gasteiger partial charge in [-0.1, -0.05) is 11.2 Å². The molecule has 1 saturated heterocycles. The molecule has 0 bridgehead atoms.